The Hall–Kier alpha value is -5.80. The van der Waals surface area contributed by atoms with Crippen LogP contribution in [-0.4, -0.2) is 62.2 Å². The van der Waals surface area contributed by atoms with Gasteiger partial charge in [0, 0.05) is 47.0 Å². The van der Waals surface area contributed by atoms with Crippen LogP contribution >= 0.6 is 0 Å². The summed E-state index contributed by atoms with van der Waals surface area (Å²) in [7, 11) is 1.70. The summed E-state index contributed by atoms with van der Waals surface area (Å²) in [6.07, 6.45) is 4.28. The topological polar surface area (TPSA) is 115 Å². The minimum atomic E-state index is -1.20. The molecule has 0 spiro atoms. The maximum Gasteiger partial charge on any atom is 0.306 e. The molecular weight excluding hydrogens is 682 g/mol. The van der Waals surface area contributed by atoms with Crippen LogP contribution in [-0.2, 0) is 31.8 Å². The number of fused-ring (bicyclic) bond motifs is 8. The van der Waals surface area contributed by atoms with Crippen LogP contribution in [0, 0.1) is 0 Å². The number of benzene rings is 5. The number of rotatable bonds is 11. The average molecular weight is 726 g/mol. The van der Waals surface area contributed by atoms with Crippen molar-refractivity contribution in [2.24, 2.45) is 0 Å². The fraction of sp³-hybridized carbons (Fsp3) is 0.289. The number of hydrogen-bond donors (Lipinski definition) is 2. The summed E-state index contributed by atoms with van der Waals surface area (Å²) in [4.78, 5) is 25.4. The Morgan fingerprint density at radius 2 is 1.57 bits per heavy atom. The summed E-state index contributed by atoms with van der Waals surface area (Å²) in [6.45, 7) is 7.25. The second kappa shape index (κ2) is 13.9. The Morgan fingerprint density at radius 1 is 0.833 bits per heavy atom. The summed E-state index contributed by atoms with van der Waals surface area (Å²) in [5, 5.41) is 20.9. The maximum absolute atomic E-state index is 11.6. The van der Waals surface area contributed by atoms with Crippen molar-refractivity contribution in [1.82, 2.24) is 0 Å². The number of carbonyl (C=O) groups is 2. The molecule has 0 amide bonds. The van der Waals surface area contributed by atoms with Gasteiger partial charge in [0.1, 0.15) is 17.2 Å². The summed E-state index contributed by atoms with van der Waals surface area (Å²) in [5.74, 6) is -0.00907. The quantitative estimate of drug-likeness (QED) is 0.139. The number of morpholine rings is 1. The number of aliphatic carboxylic acids is 2. The van der Waals surface area contributed by atoms with Crippen molar-refractivity contribution in [1.29, 1.82) is 0 Å². The van der Waals surface area contributed by atoms with Crippen LogP contribution < -0.4 is 19.1 Å². The molecule has 8 rings (SSSR count). The molecule has 0 bridgehead atoms. The van der Waals surface area contributed by atoms with Crippen LogP contribution in [0.3, 0.4) is 0 Å². The predicted octanol–water partition coefficient (Wildman–Crippen LogP) is 8.21. The van der Waals surface area contributed by atoms with Crippen LogP contribution in [0.25, 0.3) is 28.0 Å². The highest BCUT2D eigenvalue weighted by Gasteiger charge is 2.45. The first-order valence-electron chi connectivity index (χ1n) is 18.4. The number of carboxylic acid groups (broad SMARTS) is 2. The second-order valence-electron chi connectivity index (χ2n) is 14.6. The number of carboxylic acids is 2. The molecule has 9 nitrogen and oxygen atoms in total. The van der Waals surface area contributed by atoms with Crippen molar-refractivity contribution in [2.75, 3.05) is 44.9 Å². The van der Waals surface area contributed by atoms with Gasteiger partial charge in [-0.1, -0.05) is 86.7 Å². The molecule has 2 N–H and O–H groups in total. The minimum Gasteiger partial charge on any atom is -0.495 e. The highest BCUT2D eigenvalue weighted by molar-refractivity contribution is 6.10. The van der Waals surface area contributed by atoms with Gasteiger partial charge < -0.3 is 34.1 Å². The SMILES string of the molecule is COc1cc2c3c(c4c(c2cc1N1CCOCC1)-c1ccccc1C4(C)C)C=CC(c1ccccc1)(c1ccc(CCC(=O)O)cc1OCCC(=O)O)O3. The molecule has 1 aliphatic carbocycles. The largest absolute Gasteiger partial charge is 0.495 e. The standard InChI is InChI=1S/C45H43NO8/c1-44(2)34-12-8-7-11-30(34)41-32-26-36(46-20-23-52-24-21-46)38(51-3)27-33(32)43-31(42(41)44)17-19-45(54-43,29-9-5-4-6-10-29)35-15-13-28(14-16-39(47)48)25-37(35)53-22-18-40(49)50/h4-13,15,17,19,25-27H,14,16,18,20-24H2,1-3H3,(H,47,48)(H,49,50). The van der Waals surface area contributed by atoms with Gasteiger partial charge in [-0.15, -0.1) is 0 Å². The van der Waals surface area contributed by atoms with Gasteiger partial charge in [0.05, 0.1) is 39.0 Å². The molecule has 276 valence electrons. The molecule has 2 aliphatic heterocycles. The number of anilines is 1. The fourth-order valence-electron chi connectivity index (χ4n) is 8.47. The Balaban J connectivity index is 1.40. The van der Waals surface area contributed by atoms with E-state index in [1.165, 1.54) is 22.3 Å². The molecule has 0 saturated carbocycles. The van der Waals surface area contributed by atoms with E-state index in [0.717, 1.165) is 52.0 Å². The van der Waals surface area contributed by atoms with E-state index in [4.69, 9.17) is 18.9 Å². The van der Waals surface area contributed by atoms with E-state index < -0.39 is 17.5 Å². The highest BCUT2D eigenvalue weighted by Crippen LogP contribution is 2.59. The monoisotopic (exact) mass is 725 g/mol. The molecule has 3 aliphatic rings. The Morgan fingerprint density at radius 3 is 2.31 bits per heavy atom. The van der Waals surface area contributed by atoms with Gasteiger partial charge in [-0.25, -0.2) is 0 Å². The lowest BCUT2D eigenvalue weighted by Crippen LogP contribution is -2.36. The summed E-state index contributed by atoms with van der Waals surface area (Å²) in [5.41, 5.74) is 7.54. The van der Waals surface area contributed by atoms with Crippen molar-refractivity contribution in [3.8, 4) is 28.4 Å². The highest BCUT2D eigenvalue weighted by atomic mass is 16.5. The lowest BCUT2D eigenvalue weighted by atomic mass is 9.76. The Kier molecular flexibility index (Phi) is 9.06. The number of aryl methyl sites for hydroxylation is 1. The molecule has 1 fully saturated rings. The third-order valence-corrected chi connectivity index (χ3v) is 11.0. The zero-order valence-corrected chi connectivity index (χ0v) is 30.7. The third-order valence-electron chi connectivity index (χ3n) is 11.0. The van der Waals surface area contributed by atoms with E-state index in [0.29, 0.717) is 36.7 Å². The maximum atomic E-state index is 11.6. The van der Waals surface area contributed by atoms with Crippen molar-refractivity contribution in [2.45, 2.75) is 44.1 Å². The summed E-state index contributed by atoms with van der Waals surface area (Å²) >= 11 is 0. The van der Waals surface area contributed by atoms with E-state index in [2.05, 4.69) is 67.3 Å². The average Bonchev–Trinajstić information content (AvgIpc) is 3.43. The molecule has 1 unspecified atom stereocenters. The van der Waals surface area contributed by atoms with E-state index in [1.807, 2.05) is 48.5 Å². The van der Waals surface area contributed by atoms with Crippen molar-refractivity contribution in [3.05, 3.63) is 124 Å². The van der Waals surface area contributed by atoms with Crippen molar-refractivity contribution in [3.63, 3.8) is 0 Å². The summed E-state index contributed by atoms with van der Waals surface area (Å²) in [6, 6.07) is 28.5. The Labute approximate surface area is 314 Å². The van der Waals surface area contributed by atoms with E-state index in [-0.39, 0.29) is 24.9 Å². The molecule has 1 saturated heterocycles. The second-order valence-corrected chi connectivity index (χ2v) is 14.6. The number of methoxy groups -OCH3 is 1. The van der Waals surface area contributed by atoms with Gasteiger partial charge in [-0.2, -0.15) is 0 Å². The van der Waals surface area contributed by atoms with E-state index in [9.17, 15) is 19.8 Å². The zero-order chi connectivity index (χ0) is 37.6. The molecule has 54 heavy (non-hydrogen) atoms. The first-order chi connectivity index (χ1) is 26.1. The molecule has 0 radical (unpaired) electrons. The molecule has 5 aromatic rings. The lowest BCUT2D eigenvalue weighted by Gasteiger charge is -2.39. The van der Waals surface area contributed by atoms with Crippen LogP contribution in [0.15, 0.2) is 91.0 Å². The van der Waals surface area contributed by atoms with E-state index >= 15 is 0 Å². The number of nitrogens with zero attached hydrogens (tertiary/aromatic N) is 1. The van der Waals surface area contributed by atoms with Gasteiger partial charge in [0.25, 0.3) is 0 Å². The normalized spacial score (nSPS) is 18.0. The lowest BCUT2D eigenvalue weighted by molar-refractivity contribution is -0.138. The van der Waals surface area contributed by atoms with Gasteiger partial charge in [-0.05, 0) is 63.9 Å². The zero-order valence-electron chi connectivity index (χ0n) is 30.7. The minimum absolute atomic E-state index is 0.0505. The van der Waals surface area contributed by atoms with Gasteiger partial charge in [-0.3, -0.25) is 9.59 Å². The molecule has 9 heteroatoms. The number of hydrogen-bond acceptors (Lipinski definition) is 7. The van der Waals surface area contributed by atoms with Crippen LogP contribution in [0.5, 0.6) is 17.2 Å². The van der Waals surface area contributed by atoms with Crippen LogP contribution in [0.1, 0.15) is 60.1 Å². The predicted molar refractivity (Wildman–Crippen MR) is 208 cm³/mol. The van der Waals surface area contributed by atoms with Crippen LogP contribution in [0.4, 0.5) is 5.69 Å². The molecule has 0 aromatic heterocycles. The van der Waals surface area contributed by atoms with Gasteiger partial charge in [0.15, 0.2) is 5.60 Å². The van der Waals surface area contributed by atoms with Crippen molar-refractivity contribution < 1.29 is 38.7 Å². The smallest absolute Gasteiger partial charge is 0.306 e. The van der Waals surface area contributed by atoms with Gasteiger partial charge in [0.2, 0.25) is 0 Å². The van der Waals surface area contributed by atoms with Gasteiger partial charge >= 0.3 is 11.9 Å². The Bertz CT molecular complexity index is 2310. The molecule has 1 atom stereocenters. The first kappa shape index (κ1) is 35.2. The van der Waals surface area contributed by atoms with Crippen molar-refractivity contribution >= 4 is 34.5 Å². The fourth-order valence-corrected chi connectivity index (χ4v) is 8.47. The molecule has 5 aromatic carbocycles. The van der Waals surface area contributed by atoms with Crippen LogP contribution in [0.2, 0.25) is 0 Å². The number of ether oxygens (including phenoxy) is 4. The molecule has 2 heterocycles. The molecular formula is C45H43NO8. The summed E-state index contributed by atoms with van der Waals surface area (Å²) < 4.78 is 25.6. The van der Waals surface area contributed by atoms with E-state index in [1.54, 1.807) is 7.11 Å². The third kappa shape index (κ3) is 5.93. The first-order valence-corrected chi connectivity index (χ1v) is 18.4.